The van der Waals surface area contributed by atoms with Gasteiger partial charge in [-0.15, -0.1) is 0 Å². The molecule has 4 rings (SSSR count). The van der Waals surface area contributed by atoms with Crippen LogP contribution in [-0.2, 0) is 16.6 Å². The summed E-state index contributed by atoms with van der Waals surface area (Å²) in [5, 5.41) is 0. The van der Waals surface area contributed by atoms with Crippen LogP contribution < -0.4 is 9.47 Å². The van der Waals surface area contributed by atoms with E-state index in [2.05, 4.69) is 26.9 Å². The summed E-state index contributed by atoms with van der Waals surface area (Å²) in [6.07, 6.45) is 0. The number of piperazine rings is 1. The first kappa shape index (κ1) is 18.7. The largest absolute Gasteiger partial charge is 0.486 e. The standard InChI is InChI=1S/C19H21BrN2O4S/c20-17-4-2-1-3-15(17)14-21-7-9-22(10-8-21)27(23,24)16-5-6-18-19(13-16)26-12-11-25-18/h1-6,13H,7-12,14H2. The summed E-state index contributed by atoms with van der Waals surface area (Å²) in [5.74, 6) is 1.09. The van der Waals surface area contributed by atoms with Gasteiger partial charge >= 0.3 is 0 Å². The molecule has 2 aromatic rings. The molecule has 0 aromatic heterocycles. The molecule has 8 heteroatoms. The minimum absolute atomic E-state index is 0.256. The van der Waals surface area contributed by atoms with Gasteiger partial charge in [-0.2, -0.15) is 4.31 Å². The molecular weight excluding hydrogens is 432 g/mol. The van der Waals surface area contributed by atoms with Crippen molar-refractivity contribution in [3.63, 3.8) is 0 Å². The molecule has 0 unspecified atom stereocenters. The zero-order valence-corrected chi connectivity index (χ0v) is 17.2. The highest BCUT2D eigenvalue weighted by molar-refractivity contribution is 9.10. The Kier molecular flexibility index (Phi) is 5.41. The van der Waals surface area contributed by atoms with Gasteiger partial charge in [0.25, 0.3) is 0 Å². The van der Waals surface area contributed by atoms with Crippen molar-refractivity contribution in [1.29, 1.82) is 0 Å². The summed E-state index contributed by atoms with van der Waals surface area (Å²) in [6.45, 7) is 4.07. The van der Waals surface area contributed by atoms with Crippen LogP contribution in [0.3, 0.4) is 0 Å². The average molecular weight is 453 g/mol. The van der Waals surface area contributed by atoms with E-state index >= 15 is 0 Å². The molecule has 27 heavy (non-hydrogen) atoms. The summed E-state index contributed by atoms with van der Waals surface area (Å²) in [4.78, 5) is 2.53. The second kappa shape index (κ2) is 7.79. The first-order chi connectivity index (χ1) is 13.0. The molecule has 0 bridgehead atoms. The zero-order chi connectivity index (χ0) is 18.9. The first-order valence-corrected chi connectivity index (χ1v) is 11.1. The molecule has 0 saturated carbocycles. The Morgan fingerprint density at radius 3 is 2.37 bits per heavy atom. The molecule has 0 N–H and O–H groups in total. The fourth-order valence-electron chi connectivity index (χ4n) is 3.33. The van der Waals surface area contributed by atoms with Gasteiger partial charge in [-0.25, -0.2) is 8.42 Å². The number of sulfonamides is 1. The van der Waals surface area contributed by atoms with Crippen molar-refractivity contribution in [1.82, 2.24) is 9.21 Å². The maximum absolute atomic E-state index is 13.0. The number of hydrogen-bond acceptors (Lipinski definition) is 5. The highest BCUT2D eigenvalue weighted by atomic mass is 79.9. The van der Waals surface area contributed by atoms with E-state index in [0.29, 0.717) is 50.9 Å². The molecule has 2 aliphatic rings. The highest BCUT2D eigenvalue weighted by Gasteiger charge is 2.29. The second-order valence-corrected chi connectivity index (χ2v) is 9.37. The Bertz CT molecular complexity index is 927. The molecule has 0 atom stereocenters. The maximum Gasteiger partial charge on any atom is 0.243 e. The predicted molar refractivity (Wildman–Crippen MR) is 106 cm³/mol. The van der Waals surface area contributed by atoms with Crippen LogP contribution in [0, 0.1) is 0 Å². The van der Waals surface area contributed by atoms with E-state index in [-0.39, 0.29) is 4.90 Å². The third-order valence-corrected chi connectivity index (χ3v) is 7.50. The van der Waals surface area contributed by atoms with E-state index in [1.54, 1.807) is 22.5 Å². The fraction of sp³-hybridized carbons (Fsp3) is 0.368. The van der Waals surface area contributed by atoms with Crippen LogP contribution >= 0.6 is 15.9 Å². The van der Waals surface area contributed by atoms with Gasteiger partial charge in [-0.05, 0) is 23.8 Å². The van der Waals surface area contributed by atoms with Crippen LogP contribution in [-0.4, -0.2) is 57.0 Å². The third kappa shape index (κ3) is 3.99. The van der Waals surface area contributed by atoms with Crippen molar-refractivity contribution in [3.8, 4) is 11.5 Å². The molecule has 2 aliphatic heterocycles. The van der Waals surface area contributed by atoms with Crippen molar-refractivity contribution in [2.75, 3.05) is 39.4 Å². The topological polar surface area (TPSA) is 59.1 Å². The van der Waals surface area contributed by atoms with E-state index in [9.17, 15) is 8.42 Å². The van der Waals surface area contributed by atoms with Crippen LogP contribution in [0.4, 0.5) is 0 Å². The van der Waals surface area contributed by atoms with Crippen LogP contribution in [0.5, 0.6) is 11.5 Å². The van der Waals surface area contributed by atoms with Crippen LogP contribution in [0.25, 0.3) is 0 Å². The molecule has 0 aliphatic carbocycles. The Labute approximate surface area is 167 Å². The highest BCUT2D eigenvalue weighted by Crippen LogP contribution is 2.33. The van der Waals surface area contributed by atoms with Gasteiger partial charge in [0, 0.05) is 43.3 Å². The number of halogens is 1. The lowest BCUT2D eigenvalue weighted by atomic mass is 10.2. The Hall–Kier alpha value is -1.61. The number of benzene rings is 2. The number of rotatable bonds is 4. The molecule has 0 amide bonds. The molecule has 0 radical (unpaired) electrons. The molecule has 1 saturated heterocycles. The van der Waals surface area contributed by atoms with Gasteiger partial charge in [0.2, 0.25) is 10.0 Å². The Morgan fingerprint density at radius 1 is 0.926 bits per heavy atom. The number of nitrogens with zero attached hydrogens (tertiary/aromatic N) is 2. The minimum atomic E-state index is -3.54. The van der Waals surface area contributed by atoms with Crippen molar-refractivity contribution in [2.45, 2.75) is 11.4 Å². The quantitative estimate of drug-likeness (QED) is 0.713. The van der Waals surface area contributed by atoms with Crippen molar-refractivity contribution in [2.24, 2.45) is 0 Å². The molecule has 6 nitrogen and oxygen atoms in total. The lowest BCUT2D eigenvalue weighted by molar-refractivity contribution is 0.170. The predicted octanol–water partition coefficient (Wildman–Crippen LogP) is 2.73. The Balaban J connectivity index is 1.43. The summed E-state index contributed by atoms with van der Waals surface area (Å²) in [5.41, 5.74) is 1.21. The Morgan fingerprint density at radius 2 is 1.63 bits per heavy atom. The van der Waals surface area contributed by atoms with Crippen molar-refractivity contribution in [3.05, 3.63) is 52.5 Å². The van der Waals surface area contributed by atoms with E-state index in [4.69, 9.17) is 9.47 Å². The average Bonchev–Trinajstić information content (AvgIpc) is 2.70. The SMILES string of the molecule is O=S(=O)(c1ccc2c(c1)OCCO2)N1CCN(Cc2ccccc2Br)CC1. The van der Waals surface area contributed by atoms with Gasteiger partial charge < -0.3 is 9.47 Å². The molecule has 2 aromatic carbocycles. The van der Waals surface area contributed by atoms with Gasteiger partial charge in [-0.3, -0.25) is 4.90 Å². The van der Waals surface area contributed by atoms with E-state index in [1.807, 2.05) is 18.2 Å². The first-order valence-electron chi connectivity index (χ1n) is 8.89. The molecule has 144 valence electrons. The summed E-state index contributed by atoms with van der Waals surface area (Å²) >= 11 is 3.57. The van der Waals surface area contributed by atoms with Gasteiger partial charge in [0.1, 0.15) is 13.2 Å². The zero-order valence-electron chi connectivity index (χ0n) is 14.8. The minimum Gasteiger partial charge on any atom is -0.486 e. The second-order valence-electron chi connectivity index (χ2n) is 6.58. The van der Waals surface area contributed by atoms with Gasteiger partial charge in [0.15, 0.2) is 11.5 Å². The van der Waals surface area contributed by atoms with E-state index < -0.39 is 10.0 Å². The van der Waals surface area contributed by atoms with E-state index in [1.165, 1.54) is 5.56 Å². The number of ether oxygens (including phenoxy) is 2. The molecule has 0 spiro atoms. The summed E-state index contributed by atoms with van der Waals surface area (Å²) < 4.78 is 39.6. The molecule has 2 heterocycles. The van der Waals surface area contributed by atoms with Crippen molar-refractivity contribution < 1.29 is 17.9 Å². The monoisotopic (exact) mass is 452 g/mol. The van der Waals surface area contributed by atoms with Crippen LogP contribution in [0.2, 0.25) is 0 Å². The van der Waals surface area contributed by atoms with Crippen LogP contribution in [0.15, 0.2) is 51.8 Å². The fourth-order valence-corrected chi connectivity index (χ4v) is 5.18. The number of fused-ring (bicyclic) bond motifs is 1. The lowest BCUT2D eigenvalue weighted by Gasteiger charge is -2.34. The van der Waals surface area contributed by atoms with E-state index in [0.717, 1.165) is 11.0 Å². The summed E-state index contributed by atoms with van der Waals surface area (Å²) in [6, 6.07) is 13.0. The van der Waals surface area contributed by atoms with Gasteiger partial charge in [-0.1, -0.05) is 34.1 Å². The van der Waals surface area contributed by atoms with Crippen molar-refractivity contribution >= 4 is 26.0 Å². The smallest absolute Gasteiger partial charge is 0.243 e. The number of hydrogen-bond donors (Lipinski definition) is 0. The third-order valence-electron chi connectivity index (χ3n) is 4.83. The molecular formula is C19H21BrN2O4S. The maximum atomic E-state index is 13.0. The summed E-state index contributed by atoms with van der Waals surface area (Å²) in [7, 11) is -3.54. The molecule has 1 fully saturated rings. The normalized spacial score (nSPS) is 18.4. The lowest BCUT2D eigenvalue weighted by Crippen LogP contribution is -2.48. The van der Waals surface area contributed by atoms with Gasteiger partial charge in [0.05, 0.1) is 4.90 Å². The van der Waals surface area contributed by atoms with Crippen LogP contribution in [0.1, 0.15) is 5.56 Å².